The van der Waals surface area contributed by atoms with Crippen LogP contribution in [0, 0.1) is 0 Å². The molecule has 4 nitrogen and oxygen atoms in total. The van der Waals surface area contributed by atoms with Gasteiger partial charge >= 0.3 is 0 Å². The van der Waals surface area contributed by atoms with Gasteiger partial charge in [0.1, 0.15) is 0 Å². The lowest BCUT2D eigenvalue weighted by Crippen LogP contribution is -2.55. The molecule has 0 aromatic carbocycles. The molecule has 0 radical (unpaired) electrons. The summed E-state index contributed by atoms with van der Waals surface area (Å²) in [5.74, 6) is 0. The summed E-state index contributed by atoms with van der Waals surface area (Å²) in [5.41, 5.74) is 6.92. The monoisotopic (exact) mass is 166 g/mol. The molecule has 0 saturated carbocycles. The molecule has 0 atom stereocenters. The summed E-state index contributed by atoms with van der Waals surface area (Å²) >= 11 is 0. The van der Waals surface area contributed by atoms with Crippen molar-refractivity contribution in [3.8, 4) is 0 Å². The lowest BCUT2D eigenvalue weighted by atomic mass is 10.1. The Labute approximate surface area is 72.0 Å². The summed E-state index contributed by atoms with van der Waals surface area (Å²) in [6.07, 6.45) is 3.74. The van der Waals surface area contributed by atoms with E-state index in [1.165, 1.54) is 5.69 Å². The third-order valence-electron chi connectivity index (χ3n) is 2.29. The Morgan fingerprint density at radius 1 is 1.67 bits per heavy atom. The summed E-state index contributed by atoms with van der Waals surface area (Å²) in [6.45, 7) is 3.01. The molecule has 0 unspecified atom stereocenters. The van der Waals surface area contributed by atoms with E-state index in [-0.39, 0.29) is 0 Å². The van der Waals surface area contributed by atoms with Gasteiger partial charge in [-0.25, -0.2) is 4.98 Å². The lowest BCUT2D eigenvalue weighted by molar-refractivity contribution is 0.139. The van der Waals surface area contributed by atoms with Crippen LogP contribution in [0.25, 0.3) is 0 Å². The zero-order chi connectivity index (χ0) is 8.55. The van der Waals surface area contributed by atoms with E-state index in [2.05, 4.69) is 9.88 Å². The molecule has 1 saturated heterocycles. The molecule has 1 aromatic heterocycles. The third kappa shape index (κ3) is 1.35. The molecule has 0 amide bonds. The Balaban J connectivity index is 1.92. The van der Waals surface area contributed by atoms with Crippen LogP contribution in [0.2, 0.25) is 0 Å². The first-order chi connectivity index (χ1) is 5.75. The maximum absolute atomic E-state index is 5.67. The fourth-order valence-electron chi connectivity index (χ4n) is 1.50. The number of aryl methyl sites for hydroxylation is 1. The van der Waals surface area contributed by atoms with Gasteiger partial charge in [0, 0.05) is 38.9 Å². The van der Waals surface area contributed by atoms with Gasteiger partial charge in [-0.3, -0.25) is 4.90 Å². The van der Waals surface area contributed by atoms with Gasteiger partial charge in [0.25, 0.3) is 0 Å². The molecule has 0 aliphatic carbocycles. The number of hydrogen-bond donors (Lipinski definition) is 1. The fraction of sp³-hybridized carbons (Fsp3) is 0.625. The Kier molecular flexibility index (Phi) is 1.86. The molecule has 2 rings (SSSR count). The molecule has 2 heterocycles. The van der Waals surface area contributed by atoms with Gasteiger partial charge in [-0.15, -0.1) is 0 Å². The average molecular weight is 166 g/mol. The van der Waals surface area contributed by atoms with Crippen LogP contribution in [0.15, 0.2) is 12.5 Å². The van der Waals surface area contributed by atoms with Crippen LogP contribution in [0.4, 0.5) is 0 Å². The van der Waals surface area contributed by atoms with Crippen LogP contribution in [-0.2, 0) is 13.6 Å². The Morgan fingerprint density at radius 2 is 2.42 bits per heavy atom. The maximum Gasteiger partial charge on any atom is 0.0945 e. The smallest absolute Gasteiger partial charge is 0.0945 e. The second-order valence-electron chi connectivity index (χ2n) is 3.45. The second-order valence-corrected chi connectivity index (χ2v) is 3.45. The summed E-state index contributed by atoms with van der Waals surface area (Å²) in [5, 5.41) is 0. The number of rotatable bonds is 2. The summed E-state index contributed by atoms with van der Waals surface area (Å²) in [4.78, 5) is 6.38. The van der Waals surface area contributed by atoms with Gasteiger partial charge in [0.05, 0.1) is 12.0 Å². The van der Waals surface area contributed by atoms with Gasteiger partial charge in [0.2, 0.25) is 0 Å². The summed E-state index contributed by atoms with van der Waals surface area (Å²) < 4.78 is 2.05. The maximum atomic E-state index is 5.67. The predicted octanol–water partition coefficient (Wildman–Crippen LogP) is -0.437. The number of nitrogens with zero attached hydrogens (tertiary/aromatic N) is 3. The van der Waals surface area contributed by atoms with Gasteiger partial charge in [-0.05, 0) is 0 Å². The van der Waals surface area contributed by atoms with Crippen molar-refractivity contribution in [3.63, 3.8) is 0 Å². The molecule has 1 aromatic rings. The van der Waals surface area contributed by atoms with Crippen molar-refractivity contribution in [2.45, 2.75) is 12.6 Å². The number of imidazole rings is 1. The number of aromatic nitrogens is 2. The molecular weight excluding hydrogens is 152 g/mol. The van der Waals surface area contributed by atoms with Crippen LogP contribution in [0.5, 0.6) is 0 Å². The first-order valence-electron chi connectivity index (χ1n) is 4.19. The molecule has 66 valence electrons. The van der Waals surface area contributed by atoms with E-state index in [1.54, 1.807) is 0 Å². The summed E-state index contributed by atoms with van der Waals surface area (Å²) in [7, 11) is 2.02. The van der Waals surface area contributed by atoms with E-state index in [0.29, 0.717) is 6.04 Å². The molecule has 12 heavy (non-hydrogen) atoms. The highest BCUT2D eigenvalue weighted by Gasteiger charge is 2.23. The minimum absolute atomic E-state index is 0.387. The largest absolute Gasteiger partial charge is 0.337 e. The zero-order valence-corrected chi connectivity index (χ0v) is 7.27. The highest BCUT2D eigenvalue weighted by atomic mass is 15.2. The van der Waals surface area contributed by atoms with Crippen molar-refractivity contribution in [2.75, 3.05) is 13.1 Å². The first kappa shape index (κ1) is 7.76. The van der Waals surface area contributed by atoms with Gasteiger partial charge in [-0.2, -0.15) is 0 Å². The van der Waals surface area contributed by atoms with Crippen molar-refractivity contribution >= 4 is 0 Å². The number of hydrogen-bond acceptors (Lipinski definition) is 3. The number of likely N-dealkylation sites (tertiary alicyclic amines) is 1. The molecule has 1 fully saturated rings. The highest BCUT2D eigenvalue weighted by Crippen LogP contribution is 2.10. The van der Waals surface area contributed by atoms with Crippen molar-refractivity contribution < 1.29 is 0 Å². The third-order valence-corrected chi connectivity index (χ3v) is 2.29. The average Bonchev–Trinajstić information content (AvgIpc) is 2.33. The van der Waals surface area contributed by atoms with Crippen molar-refractivity contribution in [1.82, 2.24) is 14.5 Å². The molecule has 0 spiro atoms. The Morgan fingerprint density at radius 3 is 2.92 bits per heavy atom. The van der Waals surface area contributed by atoms with Gasteiger partial charge in [-0.1, -0.05) is 0 Å². The Hall–Kier alpha value is -0.870. The Bertz CT molecular complexity index is 262. The standard InChI is InChI=1S/C8H14N4/c1-11-6-10-2-8(11)5-12-3-7(9)4-12/h2,6-7H,3-5,9H2,1H3. The first-order valence-corrected chi connectivity index (χ1v) is 4.19. The molecule has 0 bridgehead atoms. The van der Waals surface area contributed by atoms with Gasteiger partial charge < -0.3 is 10.3 Å². The zero-order valence-electron chi connectivity index (χ0n) is 7.27. The van der Waals surface area contributed by atoms with E-state index in [9.17, 15) is 0 Å². The lowest BCUT2D eigenvalue weighted by Gasteiger charge is -2.36. The topological polar surface area (TPSA) is 47.1 Å². The van der Waals surface area contributed by atoms with Crippen molar-refractivity contribution in [1.29, 1.82) is 0 Å². The normalized spacial score (nSPS) is 19.5. The fourth-order valence-corrected chi connectivity index (χ4v) is 1.50. The van der Waals surface area contributed by atoms with E-state index in [0.717, 1.165) is 19.6 Å². The van der Waals surface area contributed by atoms with E-state index in [1.807, 2.05) is 24.1 Å². The SMILES string of the molecule is Cn1cncc1CN1CC(N)C1. The molecule has 2 N–H and O–H groups in total. The molecule has 1 aliphatic rings. The molecular formula is C8H14N4. The molecule has 1 aliphatic heterocycles. The van der Waals surface area contributed by atoms with Crippen molar-refractivity contribution in [2.24, 2.45) is 12.8 Å². The molecule has 4 heteroatoms. The van der Waals surface area contributed by atoms with Crippen LogP contribution in [0.1, 0.15) is 5.69 Å². The highest BCUT2D eigenvalue weighted by molar-refractivity contribution is 4.99. The van der Waals surface area contributed by atoms with E-state index < -0.39 is 0 Å². The van der Waals surface area contributed by atoms with Crippen molar-refractivity contribution in [3.05, 3.63) is 18.2 Å². The van der Waals surface area contributed by atoms with Crippen LogP contribution < -0.4 is 5.73 Å². The quantitative estimate of drug-likeness (QED) is 0.648. The predicted molar refractivity (Wildman–Crippen MR) is 46.5 cm³/mol. The van der Waals surface area contributed by atoms with Crippen LogP contribution >= 0.6 is 0 Å². The number of nitrogens with two attached hydrogens (primary N) is 1. The van der Waals surface area contributed by atoms with E-state index >= 15 is 0 Å². The minimum atomic E-state index is 0.387. The van der Waals surface area contributed by atoms with E-state index in [4.69, 9.17) is 5.73 Å². The van der Waals surface area contributed by atoms with Crippen LogP contribution in [0.3, 0.4) is 0 Å². The second kappa shape index (κ2) is 2.88. The summed E-state index contributed by atoms with van der Waals surface area (Å²) in [6, 6.07) is 0.387. The van der Waals surface area contributed by atoms with Crippen LogP contribution in [-0.4, -0.2) is 33.6 Å². The minimum Gasteiger partial charge on any atom is -0.337 e. The van der Waals surface area contributed by atoms with Gasteiger partial charge in [0.15, 0.2) is 0 Å².